The Bertz CT molecular complexity index is 239. The summed E-state index contributed by atoms with van der Waals surface area (Å²) in [6.45, 7) is 4.49. The monoisotopic (exact) mass is 213 g/mol. The maximum atomic E-state index is 11.7. The van der Waals surface area contributed by atoms with Crippen LogP contribution in [-0.2, 0) is 9.59 Å². The molecule has 1 saturated heterocycles. The highest BCUT2D eigenvalue weighted by Crippen LogP contribution is 2.10. The second-order valence-electron chi connectivity index (χ2n) is 3.81. The molecule has 0 aliphatic carbocycles. The predicted octanol–water partition coefficient (Wildman–Crippen LogP) is -0.810. The van der Waals surface area contributed by atoms with E-state index in [1.165, 1.54) is 0 Å². The van der Waals surface area contributed by atoms with E-state index in [1.807, 2.05) is 6.92 Å². The van der Waals surface area contributed by atoms with Crippen LogP contribution in [0.1, 0.15) is 13.3 Å². The SMILES string of the molecule is CCN(CC(=O)NC)C(=O)CC1CNC1. The lowest BCUT2D eigenvalue weighted by Crippen LogP contribution is -2.46. The molecule has 2 amide bonds. The van der Waals surface area contributed by atoms with Crippen LogP contribution < -0.4 is 10.6 Å². The fourth-order valence-corrected chi connectivity index (χ4v) is 1.50. The molecule has 0 aromatic rings. The third kappa shape index (κ3) is 3.51. The first-order chi connectivity index (χ1) is 7.17. The minimum Gasteiger partial charge on any atom is -0.358 e. The number of likely N-dealkylation sites (N-methyl/N-ethyl adjacent to an activating group) is 2. The van der Waals surface area contributed by atoms with Crippen LogP contribution in [0, 0.1) is 5.92 Å². The third-order valence-electron chi connectivity index (χ3n) is 2.68. The molecular weight excluding hydrogens is 194 g/mol. The maximum absolute atomic E-state index is 11.7. The predicted molar refractivity (Wildman–Crippen MR) is 57.3 cm³/mol. The van der Waals surface area contributed by atoms with Crippen molar-refractivity contribution < 1.29 is 9.59 Å². The number of hydrogen-bond donors (Lipinski definition) is 2. The highest BCUT2D eigenvalue weighted by atomic mass is 16.2. The Labute approximate surface area is 90.2 Å². The normalized spacial score (nSPS) is 15.6. The van der Waals surface area contributed by atoms with Gasteiger partial charge in [-0.25, -0.2) is 0 Å². The molecular formula is C10H19N3O2. The molecule has 0 aromatic heterocycles. The van der Waals surface area contributed by atoms with Crippen LogP contribution in [0.3, 0.4) is 0 Å². The van der Waals surface area contributed by atoms with Crippen LogP contribution in [0.5, 0.6) is 0 Å². The van der Waals surface area contributed by atoms with Crippen LogP contribution in [-0.4, -0.2) is 49.9 Å². The zero-order valence-corrected chi connectivity index (χ0v) is 9.38. The molecule has 1 aliphatic rings. The fraction of sp³-hybridized carbons (Fsp3) is 0.800. The summed E-state index contributed by atoms with van der Waals surface area (Å²) in [5.41, 5.74) is 0. The molecule has 0 bridgehead atoms. The summed E-state index contributed by atoms with van der Waals surface area (Å²) in [6, 6.07) is 0. The first-order valence-corrected chi connectivity index (χ1v) is 5.36. The van der Waals surface area contributed by atoms with Gasteiger partial charge in [-0.1, -0.05) is 0 Å². The summed E-state index contributed by atoms with van der Waals surface area (Å²) < 4.78 is 0. The minimum absolute atomic E-state index is 0.0765. The van der Waals surface area contributed by atoms with Gasteiger partial charge in [0, 0.05) is 20.0 Å². The Morgan fingerprint density at radius 1 is 1.47 bits per heavy atom. The highest BCUT2D eigenvalue weighted by molar-refractivity contribution is 5.84. The van der Waals surface area contributed by atoms with Gasteiger partial charge in [0.05, 0.1) is 6.54 Å². The average Bonchev–Trinajstić information content (AvgIpc) is 2.19. The van der Waals surface area contributed by atoms with E-state index in [1.54, 1.807) is 11.9 Å². The molecule has 1 fully saturated rings. The van der Waals surface area contributed by atoms with E-state index in [-0.39, 0.29) is 18.4 Å². The van der Waals surface area contributed by atoms with Gasteiger partial charge in [0.25, 0.3) is 0 Å². The summed E-state index contributed by atoms with van der Waals surface area (Å²) >= 11 is 0. The molecule has 1 rings (SSSR count). The largest absolute Gasteiger partial charge is 0.358 e. The molecule has 2 N–H and O–H groups in total. The zero-order valence-electron chi connectivity index (χ0n) is 9.38. The zero-order chi connectivity index (χ0) is 11.3. The molecule has 0 spiro atoms. The lowest BCUT2D eigenvalue weighted by molar-refractivity contribution is -0.136. The lowest BCUT2D eigenvalue weighted by Gasteiger charge is -2.29. The van der Waals surface area contributed by atoms with E-state index >= 15 is 0 Å². The van der Waals surface area contributed by atoms with Gasteiger partial charge in [-0.15, -0.1) is 0 Å². The fourth-order valence-electron chi connectivity index (χ4n) is 1.50. The summed E-state index contributed by atoms with van der Waals surface area (Å²) in [5.74, 6) is 0.417. The van der Waals surface area contributed by atoms with E-state index in [0.717, 1.165) is 13.1 Å². The van der Waals surface area contributed by atoms with Crippen molar-refractivity contribution in [2.45, 2.75) is 13.3 Å². The van der Waals surface area contributed by atoms with Gasteiger partial charge in [0.1, 0.15) is 0 Å². The van der Waals surface area contributed by atoms with Crippen LogP contribution in [0.25, 0.3) is 0 Å². The van der Waals surface area contributed by atoms with Crippen LogP contribution >= 0.6 is 0 Å². The van der Waals surface area contributed by atoms with Gasteiger partial charge in [-0.3, -0.25) is 9.59 Å². The number of carbonyl (C=O) groups is 2. The van der Waals surface area contributed by atoms with Crippen molar-refractivity contribution in [1.29, 1.82) is 0 Å². The number of nitrogens with one attached hydrogen (secondary N) is 2. The van der Waals surface area contributed by atoms with Crippen molar-refractivity contribution in [3.8, 4) is 0 Å². The van der Waals surface area contributed by atoms with Crippen molar-refractivity contribution in [2.75, 3.05) is 33.2 Å². The summed E-state index contributed by atoms with van der Waals surface area (Å²) in [7, 11) is 1.58. The first kappa shape index (κ1) is 12.0. The molecule has 5 heteroatoms. The van der Waals surface area contributed by atoms with Gasteiger partial charge < -0.3 is 15.5 Å². The van der Waals surface area contributed by atoms with Crippen molar-refractivity contribution >= 4 is 11.8 Å². The summed E-state index contributed by atoms with van der Waals surface area (Å²) in [4.78, 5) is 24.5. The van der Waals surface area contributed by atoms with E-state index in [9.17, 15) is 9.59 Å². The van der Waals surface area contributed by atoms with Crippen molar-refractivity contribution in [3.63, 3.8) is 0 Å². The Kier molecular flexibility index (Phi) is 4.55. The number of carbonyl (C=O) groups excluding carboxylic acids is 2. The molecule has 0 unspecified atom stereocenters. The molecule has 5 nitrogen and oxygen atoms in total. The molecule has 0 atom stereocenters. The van der Waals surface area contributed by atoms with Crippen LogP contribution in [0.15, 0.2) is 0 Å². The lowest BCUT2D eigenvalue weighted by atomic mass is 9.99. The number of rotatable bonds is 5. The Morgan fingerprint density at radius 3 is 2.53 bits per heavy atom. The second kappa shape index (κ2) is 5.70. The average molecular weight is 213 g/mol. The number of amides is 2. The smallest absolute Gasteiger partial charge is 0.239 e. The third-order valence-corrected chi connectivity index (χ3v) is 2.68. The van der Waals surface area contributed by atoms with Crippen molar-refractivity contribution in [3.05, 3.63) is 0 Å². The minimum atomic E-state index is -0.114. The van der Waals surface area contributed by atoms with Gasteiger partial charge in [0.2, 0.25) is 11.8 Å². The first-order valence-electron chi connectivity index (χ1n) is 5.36. The highest BCUT2D eigenvalue weighted by Gasteiger charge is 2.23. The van der Waals surface area contributed by atoms with E-state index in [4.69, 9.17) is 0 Å². The van der Waals surface area contributed by atoms with Gasteiger partial charge in [-0.2, -0.15) is 0 Å². The Hall–Kier alpha value is -1.10. The second-order valence-corrected chi connectivity index (χ2v) is 3.81. The van der Waals surface area contributed by atoms with Gasteiger partial charge in [0.15, 0.2) is 0 Å². The number of hydrogen-bond acceptors (Lipinski definition) is 3. The molecule has 86 valence electrons. The molecule has 0 radical (unpaired) electrons. The molecule has 1 aliphatic heterocycles. The van der Waals surface area contributed by atoms with Gasteiger partial charge in [-0.05, 0) is 25.9 Å². The standard InChI is InChI=1S/C10H19N3O2/c1-3-13(7-9(14)11-2)10(15)4-8-5-12-6-8/h8,12H,3-7H2,1-2H3,(H,11,14). The molecule has 1 heterocycles. The van der Waals surface area contributed by atoms with Crippen molar-refractivity contribution in [2.24, 2.45) is 5.92 Å². The van der Waals surface area contributed by atoms with E-state index < -0.39 is 0 Å². The van der Waals surface area contributed by atoms with Crippen LogP contribution in [0.2, 0.25) is 0 Å². The summed E-state index contributed by atoms with van der Waals surface area (Å²) in [5, 5.41) is 5.65. The molecule has 0 saturated carbocycles. The Morgan fingerprint density at radius 2 is 2.13 bits per heavy atom. The van der Waals surface area contributed by atoms with E-state index in [2.05, 4.69) is 10.6 Å². The molecule has 15 heavy (non-hydrogen) atoms. The van der Waals surface area contributed by atoms with E-state index in [0.29, 0.717) is 18.9 Å². The Balaban J connectivity index is 2.34. The van der Waals surface area contributed by atoms with Crippen molar-refractivity contribution in [1.82, 2.24) is 15.5 Å². The topological polar surface area (TPSA) is 61.4 Å². The van der Waals surface area contributed by atoms with Gasteiger partial charge >= 0.3 is 0 Å². The maximum Gasteiger partial charge on any atom is 0.239 e. The van der Waals surface area contributed by atoms with Crippen LogP contribution in [0.4, 0.5) is 0 Å². The number of nitrogens with zero attached hydrogens (tertiary/aromatic N) is 1. The quantitative estimate of drug-likeness (QED) is 0.628. The summed E-state index contributed by atoms with van der Waals surface area (Å²) in [6.07, 6.45) is 0.553. The molecule has 0 aromatic carbocycles.